The fourth-order valence-corrected chi connectivity index (χ4v) is 2.83. The van der Waals surface area contributed by atoms with Crippen LogP contribution < -0.4 is 5.32 Å². The number of hydrogen-bond donors (Lipinski definition) is 1. The molecule has 0 aliphatic rings. The van der Waals surface area contributed by atoms with E-state index in [-0.39, 0.29) is 0 Å². The highest BCUT2D eigenvalue weighted by Gasteiger charge is 2.23. The lowest BCUT2D eigenvalue weighted by molar-refractivity contribution is 0.242. The molecule has 0 spiro atoms. The zero-order valence-electron chi connectivity index (χ0n) is 11.2. The molecule has 0 aromatic carbocycles. The monoisotopic (exact) mass is 239 g/mol. The molecule has 0 fully saturated rings. The number of thiophene rings is 1. The third kappa shape index (κ3) is 4.26. The second kappa shape index (κ2) is 5.83. The Kier molecular flexibility index (Phi) is 5.00. The Hall–Kier alpha value is -0.340. The van der Waals surface area contributed by atoms with Gasteiger partial charge in [-0.2, -0.15) is 11.3 Å². The Balaban J connectivity index is 2.46. The van der Waals surface area contributed by atoms with Gasteiger partial charge in [0.05, 0.1) is 0 Å². The van der Waals surface area contributed by atoms with Crippen LogP contribution in [-0.2, 0) is 6.42 Å². The van der Waals surface area contributed by atoms with Crippen LogP contribution in [0, 0.1) is 5.41 Å². The van der Waals surface area contributed by atoms with Crippen molar-refractivity contribution in [2.75, 3.05) is 0 Å². The Bertz CT molecular complexity index is 284. The molecule has 0 aliphatic carbocycles. The Morgan fingerprint density at radius 3 is 2.50 bits per heavy atom. The molecule has 2 heteroatoms. The Morgan fingerprint density at radius 1 is 1.38 bits per heavy atom. The van der Waals surface area contributed by atoms with Crippen LogP contribution in [0.5, 0.6) is 0 Å². The summed E-state index contributed by atoms with van der Waals surface area (Å²) in [6.07, 6.45) is 2.33. The van der Waals surface area contributed by atoms with Crippen LogP contribution in [-0.4, -0.2) is 12.1 Å². The summed E-state index contributed by atoms with van der Waals surface area (Å²) in [5.74, 6) is 0. The molecular formula is C14H25NS. The van der Waals surface area contributed by atoms with Crippen LogP contribution in [0.2, 0.25) is 0 Å². The van der Waals surface area contributed by atoms with Crippen molar-refractivity contribution in [2.45, 2.75) is 59.5 Å². The van der Waals surface area contributed by atoms with Crippen LogP contribution in [0.3, 0.4) is 0 Å². The SMILES string of the molecule is CCC(NC(C)Cc1ccsc1)C(C)(C)C. The fraction of sp³-hybridized carbons (Fsp3) is 0.714. The third-order valence-electron chi connectivity index (χ3n) is 3.06. The standard InChI is InChI=1S/C14H25NS/c1-6-13(14(3,4)5)15-11(2)9-12-7-8-16-10-12/h7-8,10-11,13,15H,6,9H2,1-5H3. The zero-order chi connectivity index (χ0) is 12.2. The van der Waals surface area contributed by atoms with E-state index in [1.165, 1.54) is 12.0 Å². The molecular weight excluding hydrogens is 214 g/mol. The normalized spacial score (nSPS) is 16.1. The molecule has 1 N–H and O–H groups in total. The Labute approximate surface area is 104 Å². The summed E-state index contributed by atoms with van der Waals surface area (Å²) in [5, 5.41) is 8.15. The predicted octanol–water partition coefficient (Wildman–Crippen LogP) is 4.09. The first-order valence-electron chi connectivity index (χ1n) is 6.20. The third-order valence-corrected chi connectivity index (χ3v) is 3.79. The smallest absolute Gasteiger partial charge is 0.0116 e. The topological polar surface area (TPSA) is 12.0 Å². The van der Waals surface area contributed by atoms with Crippen LogP contribution in [0.1, 0.15) is 46.6 Å². The van der Waals surface area contributed by atoms with E-state index in [4.69, 9.17) is 0 Å². The maximum Gasteiger partial charge on any atom is 0.0116 e. The van der Waals surface area contributed by atoms with E-state index in [1.54, 1.807) is 11.3 Å². The molecule has 92 valence electrons. The van der Waals surface area contributed by atoms with Gasteiger partial charge in [0, 0.05) is 12.1 Å². The molecule has 2 unspecified atom stereocenters. The lowest BCUT2D eigenvalue weighted by atomic mass is 9.84. The van der Waals surface area contributed by atoms with Gasteiger partial charge in [0.2, 0.25) is 0 Å². The summed E-state index contributed by atoms with van der Waals surface area (Å²) in [4.78, 5) is 0. The minimum absolute atomic E-state index is 0.345. The van der Waals surface area contributed by atoms with Crippen molar-refractivity contribution in [1.82, 2.24) is 5.32 Å². The van der Waals surface area contributed by atoms with Gasteiger partial charge >= 0.3 is 0 Å². The average molecular weight is 239 g/mol. The molecule has 0 aliphatic heterocycles. The minimum atomic E-state index is 0.345. The highest BCUT2D eigenvalue weighted by atomic mass is 32.1. The van der Waals surface area contributed by atoms with Gasteiger partial charge in [0.25, 0.3) is 0 Å². The van der Waals surface area contributed by atoms with E-state index in [0.717, 1.165) is 6.42 Å². The minimum Gasteiger partial charge on any atom is -0.311 e. The second-order valence-electron chi connectivity index (χ2n) is 5.73. The van der Waals surface area contributed by atoms with Gasteiger partial charge in [-0.15, -0.1) is 0 Å². The quantitative estimate of drug-likeness (QED) is 0.816. The van der Waals surface area contributed by atoms with E-state index in [2.05, 4.69) is 56.8 Å². The van der Waals surface area contributed by atoms with Gasteiger partial charge in [-0.25, -0.2) is 0 Å². The lowest BCUT2D eigenvalue weighted by Crippen LogP contribution is -2.45. The lowest BCUT2D eigenvalue weighted by Gasteiger charge is -2.33. The van der Waals surface area contributed by atoms with Crippen LogP contribution >= 0.6 is 11.3 Å². The van der Waals surface area contributed by atoms with Crippen molar-refractivity contribution in [3.63, 3.8) is 0 Å². The van der Waals surface area contributed by atoms with E-state index in [9.17, 15) is 0 Å². The molecule has 0 bridgehead atoms. The van der Waals surface area contributed by atoms with Crippen molar-refractivity contribution in [2.24, 2.45) is 5.41 Å². The molecule has 0 radical (unpaired) electrons. The van der Waals surface area contributed by atoms with Crippen LogP contribution in [0.4, 0.5) is 0 Å². The molecule has 2 atom stereocenters. The van der Waals surface area contributed by atoms with Crippen LogP contribution in [0.15, 0.2) is 16.8 Å². The van der Waals surface area contributed by atoms with Gasteiger partial charge in [-0.1, -0.05) is 27.7 Å². The van der Waals surface area contributed by atoms with Crippen molar-refractivity contribution in [3.05, 3.63) is 22.4 Å². The molecule has 0 saturated carbocycles. The molecule has 1 rings (SSSR count). The molecule has 0 amide bonds. The van der Waals surface area contributed by atoms with Gasteiger partial charge in [-0.05, 0) is 47.6 Å². The summed E-state index contributed by atoms with van der Waals surface area (Å²) in [6.45, 7) is 11.5. The maximum atomic E-state index is 3.75. The van der Waals surface area contributed by atoms with Crippen molar-refractivity contribution < 1.29 is 0 Å². The first kappa shape index (κ1) is 13.7. The van der Waals surface area contributed by atoms with E-state index in [0.29, 0.717) is 17.5 Å². The van der Waals surface area contributed by atoms with Crippen molar-refractivity contribution >= 4 is 11.3 Å². The largest absolute Gasteiger partial charge is 0.311 e. The van der Waals surface area contributed by atoms with Gasteiger partial charge in [0.1, 0.15) is 0 Å². The predicted molar refractivity (Wildman–Crippen MR) is 74.2 cm³/mol. The summed E-state index contributed by atoms with van der Waals surface area (Å²) in [7, 11) is 0. The molecule has 16 heavy (non-hydrogen) atoms. The highest BCUT2D eigenvalue weighted by molar-refractivity contribution is 7.07. The highest BCUT2D eigenvalue weighted by Crippen LogP contribution is 2.22. The van der Waals surface area contributed by atoms with Crippen molar-refractivity contribution in [1.29, 1.82) is 0 Å². The molecule has 0 saturated heterocycles. The number of rotatable bonds is 5. The van der Waals surface area contributed by atoms with E-state index >= 15 is 0 Å². The first-order chi connectivity index (χ1) is 7.43. The molecule has 1 heterocycles. The van der Waals surface area contributed by atoms with E-state index in [1.807, 2.05) is 0 Å². The average Bonchev–Trinajstić information content (AvgIpc) is 2.64. The van der Waals surface area contributed by atoms with E-state index < -0.39 is 0 Å². The van der Waals surface area contributed by atoms with Crippen LogP contribution in [0.25, 0.3) is 0 Å². The first-order valence-corrected chi connectivity index (χ1v) is 7.15. The molecule has 1 aromatic heterocycles. The number of hydrogen-bond acceptors (Lipinski definition) is 2. The van der Waals surface area contributed by atoms with Crippen molar-refractivity contribution in [3.8, 4) is 0 Å². The summed E-state index contributed by atoms with van der Waals surface area (Å²) < 4.78 is 0. The molecule has 1 aromatic rings. The molecule has 1 nitrogen and oxygen atoms in total. The van der Waals surface area contributed by atoms with Gasteiger partial charge in [0.15, 0.2) is 0 Å². The second-order valence-corrected chi connectivity index (χ2v) is 6.51. The van der Waals surface area contributed by atoms with Gasteiger partial charge < -0.3 is 5.32 Å². The summed E-state index contributed by atoms with van der Waals surface area (Å²) >= 11 is 1.78. The summed E-state index contributed by atoms with van der Waals surface area (Å²) in [5.41, 5.74) is 1.80. The zero-order valence-corrected chi connectivity index (χ0v) is 12.0. The number of nitrogens with one attached hydrogen (secondary N) is 1. The van der Waals surface area contributed by atoms with Gasteiger partial charge in [-0.3, -0.25) is 0 Å². The maximum absolute atomic E-state index is 3.75. The fourth-order valence-electron chi connectivity index (χ4n) is 2.14. The Morgan fingerprint density at radius 2 is 2.06 bits per heavy atom. The summed E-state index contributed by atoms with van der Waals surface area (Å²) in [6, 6.07) is 3.38.